The van der Waals surface area contributed by atoms with Crippen molar-refractivity contribution in [3.05, 3.63) is 57.9 Å². The number of nitrogens with zero attached hydrogens (tertiary/aromatic N) is 1. The Balaban J connectivity index is 1.52. The van der Waals surface area contributed by atoms with Crippen LogP contribution in [0.2, 0.25) is 0 Å². The van der Waals surface area contributed by atoms with Crippen LogP contribution in [0.5, 0.6) is 23.0 Å². The van der Waals surface area contributed by atoms with Crippen LogP contribution < -0.4 is 19.6 Å². The highest BCUT2D eigenvalue weighted by molar-refractivity contribution is 5.83. The maximum absolute atomic E-state index is 13.2. The number of benzene rings is 2. The molecule has 0 saturated heterocycles. The van der Waals surface area contributed by atoms with E-state index in [2.05, 4.69) is 4.90 Å². The topological polar surface area (TPSA) is 61.1 Å². The fourth-order valence-electron chi connectivity index (χ4n) is 4.46. The molecule has 3 aromatic rings. The first-order valence-electron chi connectivity index (χ1n) is 10.4. The van der Waals surface area contributed by atoms with E-state index in [0.717, 1.165) is 23.6 Å². The first-order chi connectivity index (χ1) is 14.6. The molecule has 1 aliphatic heterocycles. The van der Waals surface area contributed by atoms with E-state index in [9.17, 15) is 4.79 Å². The van der Waals surface area contributed by atoms with E-state index < -0.39 is 0 Å². The third-order valence-electron chi connectivity index (χ3n) is 6.11. The van der Waals surface area contributed by atoms with E-state index in [1.807, 2.05) is 6.07 Å². The highest BCUT2D eigenvalue weighted by atomic mass is 16.5. The zero-order valence-corrected chi connectivity index (χ0v) is 17.3. The van der Waals surface area contributed by atoms with Gasteiger partial charge < -0.3 is 18.6 Å². The Hall–Kier alpha value is -2.99. The molecule has 1 saturated carbocycles. The SMILES string of the molecule is COc1ccc(Oc2c(C)oc3c4c(ccc3c2=O)OCN(C2CCCC2)C4)cc1. The summed E-state index contributed by atoms with van der Waals surface area (Å²) in [5.41, 5.74) is 1.37. The number of hydrogen-bond acceptors (Lipinski definition) is 6. The Bertz CT molecular complexity index is 1130. The van der Waals surface area contributed by atoms with Gasteiger partial charge >= 0.3 is 0 Å². The van der Waals surface area contributed by atoms with Crippen LogP contribution in [-0.2, 0) is 6.54 Å². The Morgan fingerprint density at radius 3 is 2.50 bits per heavy atom. The molecule has 0 radical (unpaired) electrons. The molecule has 2 aliphatic rings. The quantitative estimate of drug-likeness (QED) is 0.607. The van der Waals surface area contributed by atoms with Gasteiger partial charge in [0.15, 0.2) is 0 Å². The molecule has 2 aromatic carbocycles. The molecule has 0 spiro atoms. The van der Waals surface area contributed by atoms with E-state index in [4.69, 9.17) is 18.6 Å². The largest absolute Gasteiger partial charge is 0.497 e. The zero-order valence-electron chi connectivity index (χ0n) is 17.3. The van der Waals surface area contributed by atoms with Crippen molar-refractivity contribution in [3.63, 3.8) is 0 Å². The fraction of sp³-hybridized carbons (Fsp3) is 0.375. The van der Waals surface area contributed by atoms with Gasteiger partial charge in [-0.3, -0.25) is 9.69 Å². The summed E-state index contributed by atoms with van der Waals surface area (Å²) in [4.78, 5) is 15.6. The van der Waals surface area contributed by atoms with Gasteiger partial charge in [-0.05, 0) is 56.2 Å². The molecule has 0 amide bonds. The second kappa shape index (κ2) is 7.69. The Labute approximate surface area is 175 Å². The van der Waals surface area contributed by atoms with Crippen molar-refractivity contribution >= 4 is 11.0 Å². The zero-order chi connectivity index (χ0) is 20.7. The lowest BCUT2D eigenvalue weighted by Gasteiger charge is -2.33. The number of methoxy groups -OCH3 is 1. The fourth-order valence-corrected chi connectivity index (χ4v) is 4.46. The first-order valence-corrected chi connectivity index (χ1v) is 10.4. The normalized spacial score (nSPS) is 17.0. The molecular weight excluding hydrogens is 382 g/mol. The minimum Gasteiger partial charge on any atom is -0.497 e. The van der Waals surface area contributed by atoms with Crippen molar-refractivity contribution in [2.75, 3.05) is 13.8 Å². The number of hydrogen-bond donors (Lipinski definition) is 0. The standard InChI is InChI=1S/C24H25NO5/c1-15-23(30-18-9-7-17(27-2)8-10-18)22(26)19-11-12-21-20(24(19)29-15)13-25(14-28-21)16-5-3-4-6-16/h7-12,16H,3-6,13-14H2,1-2H3. The van der Waals surface area contributed by atoms with Gasteiger partial charge in [-0.2, -0.15) is 0 Å². The molecule has 156 valence electrons. The second-order valence-corrected chi connectivity index (χ2v) is 7.97. The summed E-state index contributed by atoms with van der Waals surface area (Å²) in [6.45, 7) is 3.08. The highest BCUT2D eigenvalue weighted by Gasteiger charge is 2.29. The first kappa shape index (κ1) is 19.0. The molecule has 6 heteroatoms. The summed E-state index contributed by atoms with van der Waals surface area (Å²) in [5.74, 6) is 2.73. The van der Waals surface area contributed by atoms with Crippen molar-refractivity contribution in [2.24, 2.45) is 0 Å². The Morgan fingerprint density at radius 2 is 1.77 bits per heavy atom. The Morgan fingerprint density at radius 1 is 1.03 bits per heavy atom. The average Bonchev–Trinajstić information content (AvgIpc) is 3.31. The molecule has 0 bridgehead atoms. The van der Waals surface area contributed by atoms with E-state index >= 15 is 0 Å². The van der Waals surface area contributed by atoms with E-state index in [1.165, 1.54) is 25.7 Å². The van der Waals surface area contributed by atoms with Crippen LogP contribution in [0, 0.1) is 6.92 Å². The predicted octanol–water partition coefficient (Wildman–Crippen LogP) is 5.00. The molecule has 0 atom stereocenters. The molecule has 0 unspecified atom stereocenters. The summed E-state index contributed by atoms with van der Waals surface area (Å²) in [6, 6.07) is 11.3. The van der Waals surface area contributed by atoms with Crippen LogP contribution in [0.1, 0.15) is 37.0 Å². The van der Waals surface area contributed by atoms with Crippen LogP contribution >= 0.6 is 0 Å². The molecule has 2 heterocycles. The predicted molar refractivity (Wildman–Crippen MR) is 114 cm³/mol. The average molecular weight is 407 g/mol. The summed E-state index contributed by atoms with van der Waals surface area (Å²) in [7, 11) is 1.61. The van der Waals surface area contributed by atoms with E-state index in [-0.39, 0.29) is 11.2 Å². The van der Waals surface area contributed by atoms with Gasteiger partial charge in [-0.1, -0.05) is 12.8 Å². The van der Waals surface area contributed by atoms with E-state index in [0.29, 0.717) is 35.3 Å². The van der Waals surface area contributed by atoms with Crippen LogP contribution in [0.15, 0.2) is 45.6 Å². The molecule has 1 aromatic heterocycles. The molecule has 30 heavy (non-hydrogen) atoms. The summed E-state index contributed by atoms with van der Waals surface area (Å²) in [5, 5.41) is 0.514. The molecule has 6 nitrogen and oxygen atoms in total. The Kier molecular flexibility index (Phi) is 4.87. The lowest BCUT2D eigenvalue weighted by molar-refractivity contribution is 0.0581. The number of aryl methyl sites for hydroxylation is 1. The molecule has 1 fully saturated rings. The van der Waals surface area contributed by atoms with Gasteiger partial charge in [-0.25, -0.2) is 0 Å². The van der Waals surface area contributed by atoms with Crippen molar-refractivity contribution < 1.29 is 18.6 Å². The van der Waals surface area contributed by atoms with Crippen molar-refractivity contribution in [1.82, 2.24) is 4.90 Å². The molecule has 5 rings (SSSR count). The van der Waals surface area contributed by atoms with Crippen LogP contribution in [0.3, 0.4) is 0 Å². The van der Waals surface area contributed by atoms with Crippen LogP contribution in [0.4, 0.5) is 0 Å². The van der Waals surface area contributed by atoms with Gasteiger partial charge in [0.1, 0.15) is 35.3 Å². The maximum atomic E-state index is 13.2. The van der Waals surface area contributed by atoms with Gasteiger partial charge in [-0.15, -0.1) is 0 Å². The monoisotopic (exact) mass is 407 g/mol. The number of fused-ring (bicyclic) bond motifs is 3. The minimum atomic E-state index is -0.176. The lowest BCUT2D eigenvalue weighted by Crippen LogP contribution is -2.39. The maximum Gasteiger partial charge on any atom is 0.235 e. The molecular formula is C24H25NO5. The number of ether oxygens (including phenoxy) is 3. The minimum absolute atomic E-state index is 0.176. The van der Waals surface area contributed by atoms with Crippen molar-refractivity contribution in [1.29, 1.82) is 0 Å². The third-order valence-corrected chi connectivity index (χ3v) is 6.11. The van der Waals surface area contributed by atoms with Crippen LogP contribution in [0.25, 0.3) is 11.0 Å². The molecule has 1 aliphatic carbocycles. The summed E-state index contributed by atoms with van der Waals surface area (Å²) >= 11 is 0. The van der Waals surface area contributed by atoms with Crippen molar-refractivity contribution in [3.8, 4) is 23.0 Å². The summed E-state index contributed by atoms with van der Waals surface area (Å²) in [6.07, 6.45) is 4.94. The van der Waals surface area contributed by atoms with Gasteiger partial charge in [0.2, 0.25) is 11.2 Å². The van der Waals surface area contributed by atoms with Crippen LogP contribution in [-0.4, -0.2) is 24.8 Å². The van der Waals surface area contributed by atoms with Gasteiger partial charge in [0.05, 0.1) is 18.1 Å². The number of rotatable bonds is 4. The van der Waals surface area contributed by atoms with Crippen molar-refractivity contribution in [2.45, 2.75) is 45.2 Å². The lowest BCUT2D eigenvalue weighted by atomic mass is 10.1. The summed E-state index contributed by atoms with van der Waals surface area (Å²) < 4.78 is 23.2. The molecule has 0 N–H and O–H groups in total. The smallest absolute Gasteiger partial charge is 0.235 e. The second-order valence-electron chi connectivity index (χ2n) is 7.97. The van der Waals surface area contributed by atoms with E-state index in [1.54, 1.807) is 44.4 Å². The highest BCUT2D eigenvalue weighted by Crippen LogP contribution is 2.36. The van der Waals surface area contributed by atoms with Gasteiger partial charge in [0.25, 0.3) is 0 Å². The third kappa shape index (κ3) is 3.31. The van der Waals surface area contributed by atoms with Gasteiger partial charge in [0, 0.05) is 12.6 Å².